The molecular weight excluding hydrogens is 350 g/mol. The van der Waals surface area contributed by atoms with Crippen LogP contribution in [0.4, 0.5) is 0 Å². The van der Waals surface area contributed by atoms with Crippen LogP contribution in [0, 0.1) is 40.4 Å². The summed E-state index contributed by atoms with van der Waals surface area (Å²) < 4.78 is 0. The van der Waals surface area contributed by atoms with Gasteiger partial charge in [-0.25, -0.2) is 0 Å². The van der Waals surface area contributed by atoms with Gasteiger partial charge in [0.2, 0.25) is 0 Å². The van der Waals surface area contributed by atoms with Gasteiger partial charge in [0.15, 0.2) is 0 Å². The molecule has 1 heterocycles. The van der Waals surface area contributed by atoms with E-state index < -0.39 is 0 Å². The van der Waals surface area contributed by atoms with E-state index in [9.17, 15) is 0 Å². The lowest BCUT2D eigenvalue weighted by Crippen LogP contribution is -2.55. The molecule has 29 heavy (non-hydrogen) atoms. The van der Waals surface area contributed by atoms with E-state index in [1.54, 1.807) is 18.4 Å². The molecule has 0 spiro atoms. The van der Waals surface area contributed by atoms with Crippen molar-refractivity contribution in [3.8, 4) is 0 Å². The monoisotopic (exact) mass is 391 g/mol. The summed E-state index contributed by atoms with van der Waals surface area (Å²) in [5.74, 6) is 4.99. The minimum Gasteiger partial charge on any atom is -0.302 e. The maximum Gasteiger partial charge on any atom is 0.00407 e. The molecule has 1 heteroatoms. The van der Waals surface area contributed by atoms with E-state index in [1.165, 1.54) is 58.2 Å². The number of hydrogen-bond donors (Lipinski definition) is 0. The van der Waals surface area contributed by atoms with Crippen LogP contribution in [0.2, 0.25) is 0 Å². The van der Waals surface area contributed by atoms with Crippen LogP contribution in [0.15, 0.2) is 30.3 Å². The van der Waals surface area contributed by atoms with Gasteiger partial charge in [-0.05, 0) is 109 Å². The predicted molar refractivity (Wildman–Crippen MR) is 121 cm³/mol. The quantitative estimate of drug-likeness (QED) is 0.564. The van der Waals surface area contributed by atoms with E-state index in [2.05, 4.69) is 56.0 Å². The molecule has 7 rings (SSSR count). The van der Waals surface area contributed by atoms with Gasteiger partial charge in [0.05, 0.1) is 0 Å². The van der Waals surface area contributed by atoms with Crippen molar-refractivity contribution in [3.05, 3.63) is 35.9 Å². The molecular formula is C28H41N. The molecule has 4 atom stereocenters. The summed E-state index contributed by atoms with van der Waals surface area (Å²) in [6.45, 7) is 11.8. The zero-order chi connectivity index (χ0) is 19.9. The van der Waals surface area contributed by atoms with Gasteiger partial charge < -0.3 is 4.90 Å². The second-order valence-corrected chi connectivity index (χ2v) is 12.8. The first-order valence-corrected chi connectivity index (χ1v) is 12.7. The van der Waals surface area contributed by atoms with Crippen LogP contribution in [-0.4, -0.2) is 24.5 Å². The fourth-order valence-electron chi connectivity index (χ4n) is 9.39. The summed E-state index contributed by atoms with van der Waals surface area (Å²) in [5, 5.41) is 0. The number of likely N-dealkylation sites (tertiary alicyclic amines) is 1. The van der Waals surface area contributed by atoms with Gasteiger partial charge in [0.1, 0.15) is 0 Å². The fourth-order valence-corrected chi connectivity index (χ4v) is 9.39. The molecule has 6 aliphatic rings. The second kappa shape index (κ2) is 6.35. The summed E-state index contributed by atoms with van der Waals surface area (Å²) in [4.78, 5) is 2.89. The van der Waals surface area contributed by atoms with Gasteiger partial charge in [0.25, 0.3) is 0 Å². The molecule has 1 aromatic carbocycles. The van der Waals surface area contributed by atoms with Crippen LogP contribution in [0.3, 0.4) is 0 Å². The summed E-state index contributed by atoms with van der Waals surface area (Å²) >= 11 is 0. The Morgan fingerprint density at radius 1 is 0.966 bits per heavy atom. The van der Waals surface area contributed by atoms with Gasteiger partial charge >= 0.3 is 0 Å². The molecule has 0 N–H and O–H groups in total. The zero-order valence-electron chi connectivity index (χ0n) is 19.0. The summed E-state index contributed by atoms with van der Waals surface area (Å²) in [6.07, 6.45) is 12.0. The van der Waals surface area contributed by atoms with Crippen LogP contribution in [0.1, 0.15) is 77.7 Å². The molecule has 158 valence electrons. The molecule has 0 amide bonds. The number of rotatable bonds is 4. The topological polar surface area (TPSA) is 3.24 Å². The van der Waals surface area contributed by atoms with Crippen LogP contribution >= 0.6 is 0 Å². The predicted octanol–water partition coefficient (Wildman–Crippen LogP) is 6.53. The smallest absolute Gasteiger partial charge is 0.00407 e. The number of nitrogens with zero attached hydrogens (tertiary/aromatic N) is 1. The first kappa shape index (κ1) is 18.9. The molecule has 1 aliphatic heterocycles. The van der Waals surface area contributed by atoms with Gasteiger partial charge in [-0.1, -0.05) is 51.1 Å². The lowest BCUT2D eigenvalue weighted by atomic mass is 9.44. The van der Waals surface area contributed by atoms with Crippen molar-refractivity contribution < 1.29 is 0 Å². The Morgan fingerprint density at radius 3 is 2.38 bits per heavy atom. The lowest BCUT2D eigenvalue weighted by molar-refractivity contribution is -0.0684. The molecule has 5 aliphatic carbocycles. The number of benzene rings is 1. The molecule has 6 fully saturated rings. The standard InChI is InChI=1S/C28H41N/c1-26(2)24-9-11-27(26,3)19-29(18-24)12-10-25-21-13-20-14-22(25)17-28(15-20,16-21)23-7-5-4-6-8-23/h4-8,20-22,24-25H,9-19H2,1-3H3/t20?,21?,22?,24?,25?,27-,28?/m0/s1. The molecule has 1 nitrogen and oxygen atoms in total. The Morgan fingerprint density at radius 2 is 1.69 bits per heavy atom. The molecule has 0 radical (unpaired) electrons. The molecule has 3 unspecified atom stereocenters. The van der Waals surface area contributed by atoms with Crippen molar-refractivity contribution in [3.63, 3.8) is 0 Å². The Bertz CT molecular complexity index is 750. The molecule has 1 aromatic rings. The first-order chi connectivity index (χ1) is 13.9. The van der Waals surface area contributed by atoms with Gasteiger partial charge in [-0.3, -0.25) is 0 Å². The van der Waals surface area contributed by atoms with Crippen molar-refractivity contribution in [1.82, 2.24) is 4.90 Å². The third-order valence-electron chi connectivity index (χ3n) is 11.3. The van der Waals surface area contributed by atoms with Crippen molar-refractivity contribution >= 4 is 0 Å². The average molecular weight is 392 g/mol. The fraction of sp³-hybridized carbons (Fsp3) is 0.786. The van der Waals surface area contributed by atoms with E-state index >= 15 is 0 Å². The summed E-state index contributed by atoms with van der Waals surface area (Å²) in [7, 11) is 0. The Kier molecular flexibility index (Phi) is 4.14. The van der Waals surface area contributed by atoms with Crippen molar-refractivity contribution in [1.29, 1.82) is 0 Å². The average Bonchev–Trinajstić information content (AvgIpc) is 2.82. The Hall–Kier alpha value is -0.820. The second-order valence-electron chi connectivity index (χ2n) is 12.8. The normalized spacial score (nSPS) is 47.6. The van der Waals surface area contributed by atoms with E-state index in [-0.39, 0.29) is 0 Å². The molecule has 6 bridgehead atoms. The van der Waals surface area contributed by atoms with Crippen LogP contribution in [0.25, 0.3) is 0 Å². The Labute approximate surface area is 178 Å². The maximum absolute atomic E-state index is 2.89. The third kappa shape index (κ3) is 2.75. The van der Waals surface area contributed by atoms with E-state index in [1.807, 2.05) is 0 Å². The number of hydrogen-bond acceptors (Lipinski definition) is 1. The minimum absolute atomic E-state index is 0.538. The molecule has 0 aromatic heterocycles. The van der Waals surface area contributed by atoms with E-state index in [0.29, 0.717) is 16.2 Å². The highest BCUT2D eigenvalue weighted by atomic mass is 15.2. The highest BCUT2D eigenvalue weighted by Gasteiger charge is 2.57. The Balaban J connectivity index is 1.15. The third-order valence-corrected chi connectivity index (χ3v) is 11.3. The van der Waals surface area contributed by atoms with Crippen LogP contribution < -0.4 is 0 Å². The number of fused-ring (bicyclic) bond motifs is 2. The number of piperidine rings is 1. The van der Waals surface area contributed by atoms with Crippen molar-refractivity contribution in [2.75, 3.05) is 19.6 Å². The SMILES string of the molecule is CC1(C)C2CC[C@@]1(C)CN(CCC1C3CC4CC1CC(c1ccccc1)(C4)C3)C2. The highest BCUT2D eigenvalue weighted by molar-refractivity contribution is 5.29. The lowest BCUT2D eigenvalue weighted by Gasteiger charge is -2.61. The van der Waals surface area contributed by atoms with Crippen LogP contribution in [-0.2, 0) is 5.41 Å². The minimum atomic E-state index is 0.538. The summed E-state index contributed by atoms with van der Waals surface area (Å²) in [5.41, 5.74) is 3.31. The molecule has 1 saturated heterocycles. The highest BCUT2D eigenvalue weighted by Crippen LogP contribution is 2.64. The van der Waals surface area contributed by atoms with Gasteiger partial charge in [-0.2, -0.15) is 0 Å². The van der Waals surface area contributed by atoms with E-state index in [4.69, 9.17) is 0 Å². The van der Waals surface area contributed by atoms with Gasteiger partial charge in [0, 0.05) is 13.1 Å². The largest absolute Gasteiger partial charge is 0.302 e. The molecule has 5 saturated carbocycles. The van der Waals surface area contributed by atoms with E-state index in [0.717, 1.165) is 29.6 Å². The first-order valence-electron chi connectivity index (χ1n) is 12.7. The maximum atomic E-state index is 2.89. The summed E-state index contributed by atoms with van der Waals surface area (Å²) in [6, 6.07) is 11.6. The zero-order valence-corrected chi connectivity index (χ0v) is 19.0. The van der Waals surface area contributed by atoms with Crippen molar-refractivity contribution in [2.45, 2.75) is 77.6 Å². The van der Waals surface area contributed by atoms with Gasteiger partial charge in [-0.15, -0.1) is 0 Å². The van der Waals surface area contributed by atoms with Crippen LogP contribution in [0.5, 0.6) is 0 Å². The van der Waals surface area contributed by atoms with Crippen molar-refractivity contribution in [2.24, 2.45) is 40.4 Å².